The summed E-state index contributed by atoms with van der Waals surface area (Å²) in [6.07, 6.45) is 1.06. The van der Waals surface area contributed by atoms with Crippen molar-refractivity contribution < 1.29 is 17.9 Å². The Morgan fingerprint density at radius 1 is 1.25 bits per heavy atom. The number of carbonyl (C=O) groups excluding carboxylic acids is 1. The van der Waals surface area contributed by atoms with Crippen LogP contribution in [-0.2, 0) is 14.8 Å². The number of nitrogens with one attached hydrogen (secondary N) is 1. The Bertz CT molecular complexity index is 897. The van der Waals surface area contributed by atoms with Gasteiger partial charge in [0.15, 0.2) is 4.34 Å². The molecule has 0 saturated carbocycles. The second-order valence-corrected chi connectivity index (χ2v) is 10.6. The summed E-state index contributed by atoms with van der Waals surface area (Å²) in [5, 5.41) is 11.0. The first-order valence-corrected chi connectivity index (χ1v) is 12.2. The van der Waals surface area contributed by atoms with Gasteiger partial charge in [0.25, 0.3) is 0 Å². The molecule has 0 aliphatic heterocycles. The summed E-state index contributed by atoms with van der Waals surface area (Å²) in [5.41, 5.74) is 0.372. The molecule has 0 fully saturated rings. The highest BCUT2D eigenvalue weighted by Gasteiger charge is 2.29. The number of hydrogen-bond acceptors (Lipinski definition) is 8. The zero-order valence-electron chi connectivity index (χ0n) is 16.4. The quantitative estimate of drug-likeness (QED) is 0.468. The zero-order valence-corrected chi connectivity index (χ0v) is 18.8. The van der Waals surface area contributed by atoms with Crippen molar-refractivity contribution >= 4 is 49.8 Å². The van der Waals surface area contributed by atoms with Crippen LogP contribution in [0.3, 0.4) is 0 Å². The first kappa shape index (κ1) is 22.4. The van der Waals surface area contributed by atoms with Crippen molar-refractivity contribution in [2.75, 3.05) is 28.7 Å². The lowest BCUT2D eigenvalue weighted by molar-refractivity contribution is -0.116. The summed E-state index contributed by atoms with van der Waals surface area (Å²) in [6.45, 7) is 5.74. The van der Waals surface area contributed by atoms with Gasteiger partial charge in [0, 0.05) is 5.75 Å². The largest absolute Gasteiger partial charge is 0.497 e. The van der Waals surface area contributed by atoms with Crippen LogP contribution in [0.4, 0.5) is 10.8 Å². The summed E-state index contributed by atoms with van der Waals surface area (Å²) in [4.78, 5) is 12.7. The van der Waals surface area contributed by atoms with Crippen LogP contribution < -0.4 is 14.4 Å². The number of rotatable bonds is 9. The fourth-order valence-electron chi connectivity index (χ4n) is 2.30. The van der Waals surface area contributed by atoms with Crippen molar-refractivity contribution in [3.8, 4) is 5.75 Å². The lowest BCUT2D eigenvalue weighted by Gasteiger charge is -2.27. The van der Waals surface area contributed by atoms with Crippen molar-refractivity contribution in [2.24, 2.45) is 5.92 Å². The van der Waals surface area contributed by atoms with E-state index in [1.165, 1.54) is 25.4 Å². The molecule has 0 radical (unpaired) electrons. The number of aromatic nitrogens is 2. The van der Waals surface area contributed by atoms with Gasteiger partial charge in [-0.3, -0.25) is 14.4 Å². The van der Waals surface area contributed by atoms with Gasteiger partial charge in [0.1, 0.15) is 11.8 Å². The smallest absolute Gasteiger partial charge is 0.249 e. The monoisotopic (exact) mass is 444 g/mol. The highest BCUT2D eigenvalue weighted by molar-refractivity contribution is 8.01. The minimum Gasteiger partial charge on any atom is -0.497 e. The number of methoxy groups -OCH3 is 1. The molecule has 1 aromatic heterocycles. The molecule has 11 heteroatoms. The van der Waals surface area contributed by atoms with Gasteiger partial charge < -0.3 is 4.74 Å². The zero-order chi connectivity index (χ0) is 20.9. The maximum absolute atomic E-state index is 12.7. The molecule has 28 heavy (non-hydrogen) atoms. The molecule has 0 saturated heterocycles. The summed E-state index contributed by atoms with van der Waals surface area (Å²) < 4.78 is 31.6. The molecule has 1 atom stereocenters. The average molecular weight is 445 g/mol. The highest BCUT2D eigenvalue weighted by atomic mass is 32.2. The number of thioether (sulfide) groups is 1. The third-order valence-electron chi connectivity index (χ3n) is 3.59. The fourth-order valence-corrected chi connectivity index (χ4v) is 5.21. The van der Waals surface area contributed by atoms with Crippen LogP contribution >= 0.6 is 23.1 Å². The standard InChI is InChI=1S/C17H24N4O4S3/c1-11(2)10-26-17-20-19-16(27-17)18-15(22)12(3)21(28(5,23)24)13-6-8-14(25-4)9-7-13/h6-9,11-12H,10H2,1-5H3,(H,18,19,22)/t12-/m0/s1. The molecule has 2 aromatic rings. The summed E-state index contributed by atoms with van der Waals surface area (Å²) in [6, 6.07) is 5.49. The minimum absolute atomic E-state index is 0.339. The van der Waals surface area contributed by atoms with E-state index in [1.807, 2.05) is 0 Å². The van der Waals surface area contributed by atoms with Crippen molar-refractivity contribution in [2.45, 2.75) is 31.2 Å². The molecular formula is C17H24N4O4S3. The molecule has 0 spiro atoms. The number of sulfonamides is 1. The molecule has 1 aromatic carbocycles. The minimum atomic E-state index is -3.69. The van der Waals surface area contributed by atoms with E-state index in [0.29, 0.717) is 22.5 Å². The second kappa shape index (κ2) is 9.57. The predicted octanol–water partition coefficient (Wildman–Crippen LogP) is 3.09. The van der Waals surface area contributed by atoms with Gasteiger partial charge >= 0.3 is 0 Å². The fraction of sp³-hybridized carbons (Fsp3) is 0.471. The van der Waals surface area contributed by atoms with Crippen LogP contribution in [0.25, 0.3) is 0 Å². The van der Waals surface area contributed by atoms with Crippen LogP contribution in [0.5, 0.6) is 5.75 Å². The number of ether oxygens (including phenoxy) is 1. The van der Waals surface area contributed by atoms with E-state index < -0.39 is 22.0 Å². The van der Waals surface area contributed by atoms with Gasteiger partial charge in [-0.05, 0) is 37.1 Å². The Balaban J connectivity index is 2.15. The summed E-state index contributed by atoms with van der Waals surface area (Å²) in [7, 11) is -2.17. The van der Waals surface area contributed by atoms with E-state index in [9.17, 15) is 13.2 Å². The molecular weight excluding hydrogens is 420 g/mol. The molecule has 154 valence electrons. The highest BCUT2D eigenvalue weighted by Crippen LogP contribution is 2.28. The molecule has 0 unspecified atom stereocenters. The van der Waals surface area contributed by atoms with Gasteiger partial charge in [-0.2, -0.15) is 0 Å². The number of anilines is 2. The SMILES string of the molecule is COc1ccc(N([C@@H](C)C(=O)Nc2nnc(SCC(C)C)s2)S(C)(=O)=O)cc1. The topological polar surface area (TPSA) is 101 Å². The lowest BCUT2D eigenvalue weighted by atomic mass is 10.2. The number of hydrogen-bond donors (Lipinski definition) is 1. The maximum Gasteiger partial charge on any atom is 0.249 e. The normalized spacial score (nSPS) is 12.6. The Hall–Kier alpha value is -1.85. The lowest BCUT2D eigenvalue weighted by Crippen LogP contribution is -2.45. The maximum atomic E-state index is 12.7. The van der Waals surface area contributed by atoms with Gasteiger partial charge in [-0.1, -0.05) is 36.9 Å². The van der Waals surface area contributed by atoms with Crippen LogP contribution in [0.15, 0.2) is 28.6 Å². The number of carbonyl (C=O) groups is 1. The Morgan fingerprint density at radius 2 is 1.89 bits per heavy atom. The third kappa shape index (κ3) is 6.08. The number of benzene rings is 1. The second-order valence-electron chi connectivity index (χ2n) is 6.50. The summed E-state index contributed by atoms with van der Waals surface area (Å²) in [5.74, 6) is 1.52. The molecule has 1 amide bonds. The van der Waals surface area contributed by atoms with Crippen LogP contribution in [0.1, 0.15) is 20.8 Å². The molecule has 0 aliphatic carbocycles. The first-order valence-electron chi connectivity index (χ1n) is 8.52. The van der Waals surface area contributed by atoms with E-state index in [0.717, 1.165) is 20.7 Å². The van der Waals surface area contributed by atoms with Crippen molar-refractivity contribution in [1.29, 1.82) is 0 Å². The predicted molar refractivity (Wildman–Crippen MR) is 114 cm³/mol. The van der Waals surface area contributed by atoms with Crippen LogP contribution in [0, 0.1) is 5.92 Å². The molecule has 1 N–H and O–H groups in total. The average Bonchev–Trinajstić information content (AvgIpc) is 3.07. The molecule has 0 aliphatic rings. The van der Waals surface area contributed by atoms with E-state index in [1.54, 1.807) is 36.0 Å². The van der Waals surface area contributed by atoms with Crippen LogP contribution in [0.2, 0.25) is 0 Å². The van der Waals surface area contributed by atoms with Crippen molar-refractivity contribution in [1.82, 2.24) is 10.2 Å². The molecule has 1 heterocycles. The van der Waals surface area contributed by atoms with E-state index in [2.05, 4.69) is 29.4 Å². The molecule has 8 nitrogen and oxygen atoms in total. The first-order chi connectivity index (χ1) is 13.1. The molecule has 0 bridgehead atoms. The van der Waals surface area contributed by atoms with Gasteiger partial charge in [0.2, 0.25) is 21.1 Å². The van der Waals surface area contributed by atoms with Crippen molar-refractivity contribution in [3.05, 3.63) is 24.3 Å². The third-order valence-corrected chi connectivity index (χ3v) is 7.23. The molecule has 2 rings (SSSR count). The Kier molecular flexibility index (Phi) is 7.67. The van der Waals surface area contributed by atoms with Crippen LogP contribution in [-0.4, -0.2) is 49.7 Å². The van der Waals surface area contributed by atoms with E-state index in [4.69, 9.17) is 4.74 Å². The Labute approximate surface area is 173 Å². The number of nitrogens with zero attached hydrogens (tertiary/aromatic N) is 3. The van der Waals surface area contributed by atoms with E-state index >= 15 is 0 Å². The van der Waals surface area contributed by atoms with Gasteiger partial charge in [-0.25, -0.2) is 8.42 Å². The van der Waals surface area contributed by atoms with Gasteiger partial charge in [-0.15, -0.1) is 10.2 Å². The number of amides is 1. The summed E-state index contributed by atoms with van der Waals surface area (Å²) >= 11 is 2.84. The van der Waals surface area contributed by atoms with Gasteiger partial charge in [0.05, 0.1) is 19.1 Å². The van der Waals surface area contributed by atoms with E-state index in [-0.39, 0.29) is 0 Å². The van der Waals surface area contributed by atoms with Crippen molar-refractivity contribution in [3.63, 3.8) is 0 Å². The Morgan fingerprint density at radius 3 is 2.43 bits per heavy atom.